The summed E-state index contributed by atoms with van der Waals surface area (Å²) in [4.78, 5) is 36.0. The summed E-state index contributed by atoms with van der Waals surface area (Å²) >= 11 is 0. The van der Waals surface area contributed by atoms with Crippen LogP contribution in [0.4, 0.5) is 23.9 Å². The van der Waals surface area contributed by atoms with E-state index in [1.807, 2.05) is 4.90 Å². The van der Waals surface area contributed by atoms with E-state index in [4.69, 9.17) is 14.2 Å². The number of aromatic nitrogens is 2. The molecule has 3 aliphatic heterocycles. The van der Waals surface area contributed by atoms with Crippen molar-refractivity contribution >= 4 is 17.9 Å². The lowest BCUT2D eigenvalue weighted by molar-refractivity contribution is -0.144. The van der Waals surface area contributed by atoms with E-state index in [1.54, 1.807) is 0 Å². The Morgan fingerprint density at radius 1 is 1.26 bits per heavy atom. The molecule has 2 atom stereocenters. The second-order valence-electron chi connectivity index (χ2n) is 8.70. The van der Waals surface area contributed by atoms with Gasteiger partial charge in [-0.15, -0.1) is 0 Å². The Morgan fingerprint density at radius 2 is 2.00 bits per heavy atom. The van der Waals surface area contributed by atoms with Gasteiger partial charge in [0.25, 0.3) is 6.43 Å². The molecule has 4 rings (SSSR count). The van der Waals surface area contributed by atoms with Crippen LogP contribution in [0.1, 0.15) is 25.7 Å². The van der Waals surface area contributed by atoms with Crippen molar-refractivity contribution in [1.82, 2.24) is 20.2 Å². The van der Waals surface area contributed by atoms with E-state index in [0.29, 0.717) is 51.3 Å². The van der Waals surface area contributed by atoms with Crippen molar-refractivity contribution in [2.45, 2.75) is 49.8 Å². The first-order valence-electron chi connectivity index (χ1n) is 11.3. The third-order valence-corrected chi connectivity index (χ3v) is 6.41. The lowest BCUT2D eigenvalue weighted by Gasteiger charge is -2.51. The van der Waals surface area contributed by atoms with Crippen molar-refractivity contribution in [1.29, 1.82) is 0 Å². The fourth-order valence-corrected chi connectivity index (χ4v) is 4.78. The first-order valence-corrected chi connectivity index (χ1v) is 11.3. The predicted octanol–water partition coefficient (Wildman–Crippen LogP) is 1.35. The smallest absolute Gasteiger partial charge is 0.410 e. The van der Waals surface area contributed by atoms with Gasteiger partial charge in [0.15, 0.2) is 12.4 Å². The molecule has 13 heteroatoms. The number of piperidine rings is 2. The second-order valence-corrected chi connectivity index (χ2v) is 8.70. The highest BCUT2D eigenvalue weighted by atomic mass is 19.3. The third kappa shape index (κ3) is 5.69. The summed E-state index contributed by atoms with van der Waals surface area (Å²) in [5.41, 5.74) is -0.875. The maximum atomic E-state index is 13.1. The summed E-state index contributed by atoms with van der Waals surface area (Å²) < 4.78 is 54.7. The van der Waals surface area contributed by atoms with E-state index < -0.39 is 36.5 Å². The van der Waals surface area contributed by atoms with Crippen LogP contribution in [-0.2, 0) is 19.0 Å². The summed E-state index contributed by atoms with van der Waals surface area (Å²) in [6.07, 6.45) is 0.895. The minimum Gasteiger partial charge on any atom is -0.443 e. The fourth-order valence-electron chi connectivity index (χ4n) is 4.78. The summed E-state index contributed by atoms with van der Waals surface area (Å²) in [6, 6.07) is -0.630. The van der Waals surface area contributed by atoms with E-state index in [2.05, 4.69) is 15.3 Å². The second kappa shape index (κ2) is 10.7. The van der Waals surface area contributed by atoms with Crippen LogP contribution < -0.4 is 10.2 Å². The van der Waals surface area contributed by atoms with Crippen molar-refractivity contribution < 1.29 is 37.0 Å². The van der Waals surface area contributed by atoms with Crippen LogP contribution in [0.5, 0.6) is 0 Å². The molecule has 0 bridgehead atoms. The summed E-state index contributed by atoms with van der Waals surface area (Å²) in [6.45, 7) is 0.709. The average molecular weight is 487 g/mol. The van der Waals surface area contributed by atoms with Crippen LogP contribution in [0.25, 0.3) is 0 Å². The Labute approximate surface area is 194 Å². The van der Waals surface area contributed by atoms with Gasteiger partial charge in [-0.2, -0.15) is 0 Å². The monoisotopic (exact) mass is 487 g/mol. The highest BCUT2D eigenvalue weighted by Crippen LogP contribution is 2.32. The molecule has 1 aromatic rings. The number of rotatable bonds is 6. The zero-order valence-electron chi connectivity index (χ0n) is 18.6. The highest BCUT2D eigenvalue weighted by molar-refractivity contribution is 5.79. The fraction of sp³-hybridized carbons (Fsp3) is 0.714. The number of likely N-dealkylation sites (tertiary alicyclic amines) is 1. The van der Waals surface area contributed by atoms with E-state index >= 15 is 0 Å². The number of nitrogens with one attached hydrogen (secondary N) is 1. The van der Waals surface area contributed by atoms with Gasteiger partial charge >= 0.3 is 6.09 Å². The molecule has 0 radical (unpaired) electrons. The van der Waals surface area contributed by atoms with E-state index in [-0.39, 0.29) is 31.8 Å². The SMILES string of the molecule is O=C1COCC2(CCCN(C(=O)OCC(F)F)C2COC2CCN(c3ncc(F)cn3)CC2)N1. The molecule has 2 amide bonds. The molecule has 34 heavy (non-hydrogen) atoms. The Balaban J connectivity index is 1.40. The van der Waals surface area contributed by atoms with Gasteiger partial charge < -0.3 is 29.3 Å². The normalized spacial score (nSPS) is 26.1. The van der Waals surface area contributed by atoms with E-state index in [0.717, 1.165) is 12.4 Å². The first-order chi connectivity index (χ1) is 16.4. The molecule has 3 fully saturated rings. The van der Waals surface area contributed by atoms with Gasteiger partial charge in [-0.3, -0.25) is 4.79 Å². The Kier molecular flexibility index (Phi) is 7.71. The van der Waals surface area contributed by atoms with Crippen LogP contribution in [0.15, 0.2) is 12.4 Å². The largest absolute Gasteiger partial charge is 0.443 e. The quantitative estimate of drug-likeness (QED) is 0.641. The molecule has 188 valence electrons. The average Bonchev–Trinajstić information content (AvgIpc) is 2.82. The topological polar surface area (TPSA) is 106 Å². The zero-order chi connectivity index (χ0) is 24.1. The number of ether oxygens (including phenoxy) is 3. The molecule has 3 saturated heterocycles. The minimum atomic E-state index is -2.77. The summed E-state index contributed by atoms with van der Waals surface area (Å²) in [7, 11) is 0. The third-order valence-electron chi connectivity index (χ3n) is 6.41. The number of amides is 2. The Morgan fingerprint density at radius 3 is 2.68 bits per heavy atom. The standard InChI is InChI=1S/C21H28F3N5O5/c22-14-8-25-19(26-9-14)28-6-2-15(3-7-28)33-10-16-21(13-32-12-18(30)27-21)4-1-5-29(16)20(31)34-11-17(23)24/h8-9,15-17H,1-7,10-13H2,(H,27,30). The summed E-state index contributed by atoms with van der Waals surface area (Å²) in [5, 5.41) is 2.96. The number of anilines is 1. The lowest BCUT2D eigenvalue weighted by atomic mass is 9.81. The molecular weight excluding hydrogens is 459 g/mol. The number of alkyl halides is 2. The maximum Gasteiger partial charge on any atom is 0.410 e. The van der Waals surface area contributed by atoms with E-state index in [9.17, 15) is 22.8 Å². The van der Waals surface area contributed by atoms with Gasteiger partial charge in [0.05, 0.1) is 43.3 Å². The Hall–Kier alpha value is -2.67. The predicted molar refractivity (Wildman–Crippen MR) is 112 cm³/mol. The van der Waals surface area contributed by atoms with Crippen molar-refractivity contribution in [2.75, 3.05) is 51.0 Å². The first kappa shape index (κ1) is 24.5. The zero-order valence-corrected chi connectivity index (χ0v) is 18.6. The van der Waals surface area contributed by atoms with Gasteiger partial charge in [0.2, 0.25) is 11.9 Å². The van der Waals surface area contributed by atoms with Gasteiger partial charge in [-0.1, -0.05) is 0 Å². The molecular formula is C21H28F3N5O5. The molecule has 4 heterocycles. The molecule has 10 nitrogen and oxygen atoms in total. The van der Waals surface area contributed by atoms with Gasteiger partial charge in [-0.25, -0.2) is 27.9 Å². The van der Waals surface area contributed by atoms with Gasteiger partial charge in [-0.05, 0) is 25.7 Å². The number of morpholine rings is 1. The van der Waals surface area contributed by atoms with Crippen molar-refractivity contribution in [3.8, 4) is 0 Å². The molecule has 0 aliphatic carbocycles. The molecule has 1 aromatic heterocycles. The van der Waals surface area contributed by atoms with Crippen LogP contribution in [0.3, 0.4) is 0 Å². The molecule has 1 spiro atoms. The van der Waals surface area contributed by atoms with Crippen molar-refractivity contribution in [3.05, 3.63) is 18.2 Å². The van der Waals surface area contributed by atoms with Gasteiger partial charge in [0.1, 0.15) is 6.61 Å². The van der Waals surface area contributed by atoms with Crippen LogP contribution >= 0.6 is 0 Å². The Bertz CT molecular complexity index is 852. The van der Waals surface area contributed by atoms with E-state index in [1.165, 1.54) is 4.90 Å². The number of hydrogen-bond donors (Lipinski definition) is 1. The lowest BCUT2D eigenvalue weighted by Crippen LogP contribution is -2.72. The van der Waals surface area contributed by atoms with Crippen molar-refractivity contribution in [3.63, 3.8) is 0 Å². The minimum absolute atomic E-state index is 0.0743. The van der Waals surface area contributed by atoms with Crippen LogP contribution in [-0.4, -0.2) is 97.0 Å². The number of nitrogens with zero attached hydrogens (tertiary/aromatic N) is 4. The molecule has 3 aliphatic rings. The molecule has 0 aromatic carbocycles. The van der Waals surface area contributed by atoms with Crippen molar-refractivity contribution in [2.24, 2.45) is 0 Å². The number of carbonyl (C=O) groups is 2. The number of carbonyl (C=O) groups excluding carboxylic acids is 2. The molecule has 0 saturated carbocycles. The number of hydrogen-bond acceptors (Lipinski definition) is 8. The van der Waals surface area contributed by atoms with Gasteiger partial charge in [0, 0.05) is 19.6 Å². The van der Waals surface area contributed by atoms with Crippen LogP contribution in [0, 0.1) is 5.82 Å². The highest BCUT2D eigenvalue weighted by Gasteiger charge is 2.50. The molecule has 2 unspecified atom stereocenters. The maximum absolute atomic E-state index is 13.1. The molecule has 1 N–H and O–H groups in total. The van der Waals surface area contributed by atoms with Crippen LogP contribution in [0.2, 0.25) is 0 Å². The summed E-state index contributed by atoms with van der Waals surface area (Å²) in [5.74, 6) is -0.355. The number of halogens is 3.